The van der Waals surface area contributed by atoms with Crippen LogP contribution in [0.25, 0.3) is 0 Å². The highest BCUT2D eigenvalue weighted by atomic mass is 16.5. The summed E-state index contributed by atoms with van der Waals surface area (Å²) in [6.45, 7) is 3.34. The Labute approximate surface area is 116 Å². The highest BCUT2D eigenvalue weighted by Gasteiger charge is 2.14. The van der Waals surface area contributed by atoms with Gasteiger partial charge in [0.15, 0.2) is 0 Å². The fourth-order valence-electron chi connectivity index (χ4n) is 2.06. The van der Waals surface area contributed by atoms with Crippen LogP contribution < -0.4 is 16.0 Å². The van der Waals surface area contributed by atoms with Gasteiger partial charge in [-0.25, -0.2) is 0 Å². The zero-order valence-corrected chi connectivity index (χ0v) is 12.0. The molecule has 0 heterocycles. The Hall–Kier alpha value is -1.10. The predicted octanol–water partition coefficient (Wildman–Crippen LogP) is 2.80. The van der Waals surface area contributed by atoms with Gasteiger partial charge in [0.1, 0.15) is 12.4 Å². The number of methoxy groups -OCH3 is 1. The largest absolute Gasteiger partial charge is 0.491 e. The highest BCUT2D eigenvalue weighted by molar-refractivity contribution is 5.35. The van der Waals surface area contributed by atoms with Crippen molar-refractivity contribution >= 4 is 0 Å². The lowest BCUT2D eigenvalue weighted by molar-refractivity contribution is 0.145. The Morgan fingerprint density at radius 1 is 1.21 bits per heavy atom. The highest BCUT2D eigenvalue weighted by Crippen LogP contribution is 2.28. The molecule has 1 rings (SSSR count). The topological polar surface area (TPSA) is 56.5 Å². The third-order valence-electron chi connectivity index (χ3n) is 3.14. The number of hydrogen-bond acceptors (Lipinski definition) is 4. The third kappa shape index (κ3) is 5.59. The smallest absolute Gasteiger partial charge is 0.124 e. The lowest BCUT2D eigenvalue weighted by atomic mass is 10.00. The minimum absolute atomic E-state index is 0.144. The number of benzene rings is 1. The van der Waals surface area contributed by atoms with E-state index in [1.165, 1.54) is 12.8 Å². The van der Waals surface area contributed by atoms with Crippen LogP contribution >= 0.6 is 0 Å². The third-order valence-corrected chi connectivity index (χ3v) is 3.14. The zero-order valence-electron chi connectivity index (χ0n) is 12.0. The van der Waals surface area contributed by atoms with Crippen LogP contribution in [0, 0.1) is 0 Å². The maximum absolute atomic E-state index is 5.75. The van der Waals surface area contributed by atoms with Crippen LogP contribution in [-0.4, -0.2) is 20.3 Å². The molecule has 1 atom stereocenters. The Morgan fingerprint density at radius 3 is 2.68 bits per heavy atom. The van der Waals surface area contributed by atoms with E-state index in [0.717, 1.165) is 24.2 Å². The molecule has 4 nitrogen and oxygen atoms in total. The number of hydrazine groups is 1. The lowest BCUT2D eigenvalue weighted by Gasteiger charge is -2.19. The molecule has 0 aliphatic rings. The summed E-state index contributed by atoms with van der Waals surface area (Å²) in [4.78, 5) is 0. The minimum Gasteiger partial charge on any atom is -0.491 e. The van der Waals surface area contributed by atoms with Gasteiger partial charge in [0.05, 0.1) is 6.61 Å². The number of ether oxygens (including phenoxy) is 2. The Morgan fingerprint density at radius 2 is 2.00 bits per heavy atom. The Bertz CT molecular complexity index is 345. The monoisotopic (exact) mass is 266 g/mol. The van der Waals surface area contributed by atoms with E-state index in [4.69, 9.17) is 15.3 Å². The standard InChI is InChI=1S/C15H26N2O2/c1-3-4-5-9-14(17-16)13-8-6-7-10-15(13)19-12-11-18-2/h6-8,10,14,17H,3-5,9,11-12,16H2,1-2H3. The van der Waals surface area contributed by atoms with Gasteiger partial charge in [-0.1, -0.05) is 44.4 Å². The van der Waals surface area contributed by atoms with Crippen LogP contribution in [0.5, 0.6) is 5.75 Å². The van der Waals surface area contributed by atoms with Crippen LogP contribution in [0.4, 0.5) is 0 Å². The number of nitrogens with one attached hydrogen (secondary N) is 1. The molecule has 0 saturated carbocycles. The van der Waals surface area contributed by atoms with Gasteiger partial charge in [-0.15, -0.1) is 0 Å². The van der Waals surface area contributed by atoms with Crippen LogP contribution in [0.15, 0.2) is 24.3 Å². The molecule has 0 aliphatic heterocycles. The molecule has 0 bridgehead atoms. The van der Waals surface area contributed by atoms with E-state index in [1.807, 2.05) is 18.2 Å². The van der Waals surface area contributed by atoms with Crippen LogP contribution in [0.2, 0.25) is 0 Å². The molecule has 3 N–H and O–H groups in total. The summed E-state index contributed by atoms with van der Waals surface area (Å²) >= 11 is 0. The number of unbranched alkanes of at least 4 members (excludes halogenated alkanes) is 2. The molecule has 0 aliphatic carbocycles. The molecule has 0 fully saturated rings. The molecule has 0 aromatic heterocycles. The van der Waals surface area contributed by atoms with Gasteiger partial charge < -0.3 is 9.47 Å². The number of hydrogen-bond donors (Lipinski definition) is 2. The molecule has 0 spiro atoms. The quantitative estimate of drug-likeness (QED) is 0.388. The molecule has 0 amide bonds. The average molecular weight is 266 g/mol. The SMILES string of the molecule is CCCCCC(NN)c1ccccc1OCCOC. The first-order valence-electron chi connectivity index (χ1n) is 7.00. The van der Waals surface area contributed by atoms with Crippen molar-refractivity contribution in [2.24, 2.45) is 5.84 Å². The van der Waals surface area contributed by atoms with Gasteiger partial charge >= 0.3 is 0 Å². The maximum atomic E-state index is 5.75. The average Bonchev–Trinajstić information content (AvgIpc) is 2.45. The summed E-state index contributed by atoms with van der Waals surface area (Å²) < 4.78 is 10.8. The van der Waals surface area contributed by atoms with Gasteiger partial charge in [-0.2, -0.15) is 0 Å². The van der Waals surface area contributed by atoms with Gasteiger partial charge in [0.25, 0.3) is 0 Å². The molecule has 4 heteroatoms. The molecule has 19 heavy (non-hydrogen) atoms. The molecule has 108 valence electrons. The predicted molar refractivity (Wildman–Crippen MR) is 78.0 cm³/mol. The van der Waals surface area contributed by atoms with E-state index in [2.05, 4.69) is 18.4 Å². The number of para-hydroxylation sites is 1. The number of rotatable bonds is 10. The van der Waals surface area contributed by atoms with Crippen molar-refractivity contribution < 1.29 is 9.47 Å². The second-order valence-electron chi connectivity index (χ2n) is 4.59. The van der Waals surface area contributed by atoms with Crippen LogP contribution in [-0.2, 0) is 4.74 Å². The van der Waals surface area contributed by atoms with Crippen molar-refractivity contribution in [1.82, 2.24) is 5.43 Å². The lowest BCUT2D eigenvalue weighted by Crippen LogP contribution is -2.28. The first kappa shape index (κ1) is 16.0. The fourth-order valence-corrected chi connectivity index (χ4v) is 2.06. The maximum Gasteiger partial charge on any atom is 0.124 e. The molecule has 0 saturated heterocycles. The van der Waals surface area contributed by atoms with Gasteiger partial charge in [0, 0.05) is 18.7 Å². The first-order chi connectivity index (χ1) is 9.33. The van der Waals surface area contributed by atoms with E-state index >= 15 is 0 Å². The van der Waals surface area contributed by atoms with Crippen molar-refractivity contribution in [2.75, 3.05) is 20.3 Å². The van der Waals surface area contributed by atoms with Crippen molar-refractivity contribution in [3.05, 3.63) is 29.8 Å². The van der Waals surface area contributed by atoms with Crippen molar-refractivity contribution in [3.8, 4) is 5.75 Å². The van der Waals surface area contributed by atoms with E-state index in [0.29, 0.717) is 13.2 Å². The molecule has 0 radical (unpaired) electrons. The normalized spacial score (nSPS) is 12.4. The van der Waals surface area contributed by atoms with E-state index in [9.17, 15) is 0 Å². The minimum atomic E-state index is 0.144. The molecule has 1 aromatic carbocycles. The summed E-state index contributed by atoms with van der Waals surface area (Å²) in [6.07, 6.45) is 4.63. The molecular weight excluding hydrogens is 240 g/mol. The number of nitrogens with two attached hydrogens (primary N) is 1. The van der Waals surface area contributed by atoms with Crippen molar-refractivity contribution in [3.63, 3.8) is 0 Å². The second kappa shape index (κ2) is 9.78. The zero-order chi connectivity index (χ0) is 13.9. The van der Waals surface area contributed by atoms with Gasteiger partial charge in [-0.3, -0.25) is 11.3 Å². The van der Waals surface area contributed by atoms with Crippen LogP contribution in [0.1, 0.15) is 44.2 Å². The first-order valence-corrected chi connectivity index (χ1v) is 7.00. The van der Waals surface area contributed by atoms with Crippen molar-refractivity contribution in [1.29, 1.82) is 0 Å². The summed E-state index contributed by atoms with van der Waals surface area (Å²) in [7, 11) is 1.67. The fraction of sp³-hybridized carbons (Fsp3) is 0.600. The Kier molecular flexibility index (Phi) is 8.21. The van der Waals surface area contributed by atoms with E-state index < -0.39 is 0 Å². The van der Waals surface area contributed by atoms with E-state index in [-0.39, 0.29) is 6.04 Å². The van der Waals surface area contributed by atoms with E-state index in [1.54, 1.807) is 7.11 Å². The molecular formula is C15H26N2O2. The molecule has 1 aromatic rings. The summed E-state index contributed by atoms with van der Waals surface area (Å²) in [6, 6.07) is 8.19. The Balaban J connectivity index is 2.66. The van der Waals surface area contributed by atoms with Crippen LogP contribution in [0.3, 0.4) is 0 Å². The molecule has 1 unspecified atom stereocenters. The van der Waals surface area contributed by atoms with Crippen molar-refractivity contribution in [2.45, 2.75) is 38.6 Å². The summed E-state index contributed by atoms with van der Waals surface area (Å²) in [5.41, 5.74) is 4.02. The summed E-state index contributed by atoms with van der Waals surface area (Å²) in [5.74, 6) is 6.57. The second-order valence-corrected chi connectivity index (χ2v) is 4.59. The van der Waals surface area contributed by atoms with Gasteiger partial charge in [0.2, 0.25) is 0 Å². The summed E-state index contributed by atoms with van der Waals surface area (Å²) in [5, 5.41) is 0. The van der Waals surface area contributed by atoms with Gasteiger partial charge in [-0.05, 0) is 12.5 Å².